The molecule has 17 heavy (non-hydrogen) atoms. The zero-order valence-electron chi connectivity index (χ0n) is 9.67. The second-order valence-electron chi connectivity index (χ2n) is 3.74. The van der Waals surface area contributed by atoms with E-state index in [0.717, 1.165) is 0 Å². The van der Waals surface area contributed by atoms with Crippen molar-refractivity contribution in [3.05, 3.63) is 77.9 Å². The molecule has 0 N–H and O–H groups in total. The lowest BCUT2D eigenvalue weighted by Gasteiger charge is -2.00. The zero-order valence-corrected chi connectivity index (χ0v) is 9.67. The summed E-state index contributed by atoms with van der Waals surface area (Å²) in [7, 11) is 0. The summed E-state index contributed by atoms with van der Waals surface area (Å²) in [6.45, 7) is 1.29. The van der Waals surface area contributed by atoms with Crippen molar-refractivity contribution in [2.75, 3.05) is 6.61 Å². The monoisotopic (exact) mass is 223 g/mol. The van der Waals surface area contributed by atoms with Crippen molar-refractivity contribution in [2.24, 2.45) is 0 Å². The van der Waals surface area contributed by atoms with Gasteiger partial charge >= 0.3 is 0 Å². The van der Waals surface area contributed by atoms with E-state index in [-0.39, 0.29) is 0 Å². The van der Waals surface area contributed by atoms with Crippen LogP contribution in [0.2, 0.25) is 0 Å². The van der Waals surface area contributed by atoms with E-state index in [1.807, 2.05) is 48.5 Å². The molecule has 0 amide bonds. The Kier molecular flexibility index (Phi) is 4.56. The Morgan fingerprint density at radius 3 is 2.53 bits per heavy atom. The first kappa shape index (κ1) is 11.6. The fourth-order valence-electron chi connectivity index (χ4n) is 1.51. The maximum Gasteiger partial charge on any atom is 0.0721 e. The summed E-state index contributed by atoms with van der Waals surface area (Å²) in [6.07, 6.45) is 4.08. The zero-order chi connectivity index (χ0) is 11.8. The molecule has 0 heterocycles. The van der Waals surface area contributed by atoms with Crippen LogP contribution >= 0.6 is 0 Å². The quantitative estimate of drug-likeness (QED) is 0.702. The first-order valence-corrected chi connectivity index (χ1v) is 5.69. The van der Waals surface area contributed by atoms with Crippen LogP contribution in [0.5, 0.6) is 0 Å². The minimum atomic E-state index is 0.632. The molecular weight excluding hydrogens is 208 g/mol. The van der Waals surface area contributed by atoms with Gasteiger partial charge in [-0.15, -0.1) is 0 Å². The first-order chi connectivity index (χ1) is 8.45. The largest absolute Gasteiger partial charge is 0.373 e. The van der Waals surface area contributed by atoms with Gasteiger partial charge in [-0.05, 0) is 17.2 Å². The van der Waals surface area contributed by atoms with E-state index >= 15 is 0 Å². The molecule has 1 heteroatoms. The van der Waals surface area contributed by atoms with E-state index in [1.165, 1.54) is 11.1 Å². The predicted octanol–water partition coefficient (Wildman–Crippen LogP) is 3.72. The maximum absolute atomic E-state index is 5.55. The third kappa shape index (κ3) is 4.25. The fourth-order valence-corrected chi connectivity index (χ4v) is 1.51. The molecule has 1 radical (unpaired) electrons. The van der Waals surface area contributed by atoms with E-state index in [0.29, 0.717) is 13.2 Å². The summed E-state index contributed by atoms with van der Waals surface area (Å²) < 4.78 is 5.55. The Labute approximate surface area is 102 Å². The summed E-state index contributed by atoms with van der Waals surface area (Å²) in [4.78, 5) is 0. The van der Waals surface area contributed by atoms with Gasteiger partial charge in [-0.25, -0.2) is 0 Å². The summed E-state index contributed by atoms with van der Waals surface area (Å²) in [5.41, 5.74) is 2.38. The van der Waals surface area contributed by atoms with Gasteiger partial charge in [-0.2, -0.15) is 0 Å². The van der Waals surface area contributed by atoms with Crippen LogP contribution in [0.25, 0.3) is 6.08 Å². The van der Waals surface area contributed by atoms with Crippen molar-refractivity contribution in [2.45, 2.75) is 6.61 Å². The Balaban J connectivity index is 1.72. The molecule has 0 unspecified atom stereocenters. The highest BCUT2D eigenvalue weighted by atomic mass is 16.5. The summed E-state index contributed by atoms with van der Waals surface area (Å²) >= 11 is 0. The highest BCUT2D eigenvalue weighted by Gasteiger charge is 1.89. The molecule has 0 fully saturated rings. The van der Waals surface area contributed by atoms with E-state index in [9.17, 15) is 0 Å². The predicted molar refractivity (Wildman–Crippen MR) is 70.4 cm³/mol. The molecule has 0 bridgehead atoms. The van der Waals surface area contributed by atoms with Crippen molar-refractivity contribution in [1.29, 1.82) is 0 Å². The molecule has 0 saturated carbocycles. The minimum Gasteiger partial charge on any atom is -0.373 e. The van der Waals surface area contributed by atoms with Gasteiger partial charge < -0.3 is 4.74 Å². The van der Waals surface area contributed by atoms with Gasteiger partial charge in [0.25, 0.3) is 0 Å². The summed E-state index contributed by atoms with van der Waals surface area (Å²) in [6, 6.07) is 21.0. The maximum atomic E-state index is 5.55. The molecule has 1 nitrogen and oxygen atoms in total. The van der Waals surface area contributed by atoms with Gasteiger partial charge in [0.05, 0.1) is 13.2 Å². The molecule has 85 valence electrons. The lowest BCUT2D eigenvalue weighted by atomic mass is 10.2. The summed E-state index contributed by atoms with van der Waals surface area (Å²) in [5, 5.41) is 0. The summed E-state index contributed by atoms with van der Waals surface area (Å²) in [5.74, 6) is 0. The van der Waals surface area contributed by atoms with Crippen LogP contribution in [0.3, 0.4) is 0 Å². The molecular formula is C16H15O. The average molecular weight is 223 g/mol. The first-order valence-electron chi connectivity index (χ1n) is 5.69. The Morgan fingerprint density at radius 1 is 1.00 bits per heavy atom. The number of benzene rings is 2. The number of hydrogen-bond acceptors (Lipinski definition) is 1. The highest BCUT2D eigenvalue weighted by Crippen LogP contribution is 2.02. The van der Waals surface area contributed by atoms with E-state index in [4.69, 9.17) is 4.74 Å². The Bertz CT molecular complexity index is 445. The van der Waals surface area contributed by atoms with Crippen molar-refractivity contribution >= 4 is 6.08 Å². The molecule has 0 aliphatic rings. The molecule has 0 aliphatic heterocycles. The van der Waals surface area contributed by atoms with Gasteiger partial charge in [-0.3, -0.25) is 0 Å². The molecule has 2 aromatic rings. The number of ether oxygens (including phenoxy) is 1. The molecule has 0 aromatic heterocycles. The van der Waals surface area contributed by atoms with E-state index < -0.39 is 0 Å². The van der Waals surface area contributed by atoms with Gasteiger partial charge in [0.2, 0.25) is 0 Å². The normalized spacial score (nSPS) is 10.8. The minimum absolute atomic E-state index is 0.632. The molecule has 2 rings (SSSR count). The number of hydrogen-bond donors (Lipinski definition) is 0. The number of rotatable bonds is 5. The smallest absolute Gasteiger partial charge is 0.0721 e. The van der Waals surface area contributed by atoms with Crippen LogP contribution in [-0.2, 0) is 11.3 Å². The van der Waals surface area contributed by atoms with Crippen molar-refractivity contribution in [3.63, 3.8) is 0 Å². The van der Waals surface area contributed by atoms with Crippen molar-refractivity contribution < 1.29 is 4.74 Å². The Hall–Kier alpha value is -1.86. The molecule has 0 aliphatic carbocycles. The van der Waals surface area contributed by atoms with Gasteiger partial charge in [0.1, 0.15) is 0 Å². The third-order valence-corrected chi connectivity index (χ3v) is 2.38. The van der Waals surface area contributed by atoms with Gasteiger partial charge in [-0.1, -0.05) is 66.7 Å². The van der Waals surface area contributed by atoms with E-state index in [2.05, 4.69) is 24.3 Å². The second-order valence-corrected chi connectivity index (χ2v) is 3.74. The SMILES string of the molecule is [c]1ccc(C=CCOCc2ccccc2)cc1. The van der Waals surface area contributed by atoms with Crippen LogP contribution in [-0.4, -0.2) is 6.61 Å². The molecule has 0 spiro atoms. The Morgan fingerprint density at radius 2 is 1.76 bits per heavy atom. The van der Waals surface area contributed by atoms with E-state index in [1.54, 1.807) is 0 Å². The fraction of sp³-hybridized carbons (Fsp3) is 0.125. The highest BCUT2D eigenvalue weighted by molar-refractivity contribution is 5.48. The lowest BCUT2D eigenvalue weighted by molar-refractivity contribution is 0.149. The van der Waals surface area contributed by atoms with Crippen LogP contribution in [0.4, 0.5) is 0 Å². The molecule has 0 saturated heterocycles. The van der Waals surface area contributed by atoms with Gasteiger partial charge in [0, 0.05) is 0 Å². The van der Waals surface area contributed by atoms with Crippen LogP contribution in [0.1, 0.15) is 11.1 Å². The second kappa shape index (κ2) is 6.66. The molecule has 2 aromatic carbocycles. The molecule has 0 atom stereocenters. The van der Waals surface area contributed by atoms with Gasteiger partial charge in [0.15, 0.2) is 0 Å². The average Bonchev–Trinajstić information content (AvgIpc) is 2.41. The van der Waals surface area contributed by atoms with Crippen LogP contribution in [0.15, 0.2) is 60.7 Å². The standard InChI is InChI=1S/C16H15O/c1-3-8-15(9-4-1)12-7-13-17-14-16-10-5-2-6-11-16/h2-12H,13-14H2. The third-order valence-electron chi connectivity index (χ3n) is 2.38. The van der Waals surface area contributed by atoms with Crippen molar-refractivity contribution in [1.82, 2.24) is 0 Å². The van der Waals surface area contributed by atoms with Crippen molar-refractivity contribution in [3.8, 4) is 0 Å². The van der Waals surface area contributed by atoms with Crippen LogP contribution < -0.4 is 0 Å². The topological polar surface area (TPSA) is 9.23 Å². The lowest BCUT2D eigenvalue weighted by Crippen LogP contribution is -1.91. The van der Waals surface area contributed by atoms with Crippen LogP contribution in [0, 0.1) is 6.07 Å².